The molecule has 104 valence electrons. The highest BCUT2D eigenvalue weighted by Gasteiger charge is 2.48. The van der Waals surface area contributed by atoms with Crippen molar-refractivity contribution in [3.8, 4) is 5.75 Å². The van der Waals surface area contributed by atoms with E-state index in [4.69, 9.17) is 10.5 Å². The van der Waals surface area contributed by atoms with Crippen molar-refractivity contribution in [1.29, 1.82) is 0 Å². The van der Waals surface area contributed by atoms with E-state index in [-0.39, 0.29) is 23.5 Å². The Kier molecular flexibility index (Phi) is 3.41. The third-order valence-corrected chi connectivity index (χ3v) is 4.03. The predicted molar refractivity (Wildman–Crippen MR) is 73.1 cm³/mol. The molecule has 1 fully saturated rings. The highest BCUT2D eigenvalue weighted by molar-refractivity contribution is 6.02. The molecule has 0 bridgehead atoms. The summed E-state index contributed by atoms with van der Waals surface area (Å²) in [6, 6.07) is 5.05. The number of hydrogen-bond acceptors (Lipinski definition) is 4. The van der Waals surface area contributed by atoms with Crippen molar-refractivity contribution in [2.24, 2.45) is 5.41 Å². The molecule has 2 unspecified atom stereocenters. The van der Waals surface area contributed by atoms with Gasteiger partial charge in [0.2, 0.25) is 0 Å². The summed E-state index contributed by atoms with van der Waals surface area (Å²) in [6.07, 6.45) is 0.182. The first kappa shape index (κ1) is 13.7. The molecule has 0 heterocycles. The molecule has 5 heteroatoms. The number of aliphatic hydroxyl groups is 1. The monoisotopic (exact) mass is 264 g/mol. The van der Waals surface area contributed by atoms with E-state index in [1.165, 1.54) is 7.11 Å². The lowest BCUT2D eigenvalue weighted by Gasteiger charge is -2.49. The highest BCUT2D eigenvalue weighted by Crippen LogP contribution is 2.40. The van der Waals surface area contributed by atoms with Gasteiger partial charge in [-0.15, -0.1) is 0 Å². The molecule has 1 saturated carbocycles. The molecule has 19 heavy (non-hydrogen) atoms. The SMILES string of the molecule is COc1cccc(N)c1C(=O)NC1CC(O)C1(C)C. The Morgan fingerprint density at radius 3 is 2.74 bits per heavy atom. The molecule has 0 saturated heterocycles. The van der Waals surface area contributed by atoms with E-state index in [2.05, 4.69) is 5.32 Å². The minimum absolute atomic E-state index is 0.0562. The molecule has 1 aromatic rings. The third kappa shape index (κ3) is 2.26. The van der Waals surface area contributed by atoms with Crippen LogP contribution in [-0.4, -0.2) is 30.3 Å². The number of nitrogens with two attached hydrogens (primary N) is 1. The average molecular weight is 264 g/mol. The van der Waals surface area contributed by atoms with Gasteiger partial charge in [-0.25, -0.2) is 0 Å². The topological polar surface area (TPSA) is 84.6 Å². The molecule has 0 aliphatic heterocycles. The maximum absolute atomic E-state index is 12.3. The van der Waals surface area contributed by atoms with Crippen LogP contribution in [0.3, 0.4) is 0 Å². The normalized spacial score (nSPS) is 24.4. The largest absolute Gasteiger partial charge is 0.496 e. The van der Waals surface area contributed by atoms with Crippen LogP contribution in [-0.2, 0) is 0 Å². The van der Waals surface area contributed by atoms with Crippen molar-refractivity contribution in [3.05, 3.63) is 23.8 Å². The maximum Gasteiger partial charge on any atom is 0.257 e. The van der Waals surface area contributed by atoms with Crippen LogP contribution in [0.5, 0.6) is 5.75 Å². The summed E-state index contributed by atoms with van der Waals surface area (Å²) in [7, 11) is 1.50. The lowest BCUT2D eigenvalue weighted by molar-refractivity contribution is -0.0689. The first-order valence-electron chi connectivity index (χ1n) is 6.29. The Balaban J connectivity index is 2.18. The molecule has 2 rings (SSSR count). The van der Waals surface area contributed by atoms with E-state index in [0.717, 1.165) is 0 Å². The van der Waals surface area contributed by atoms with Gasteiger partial charge in [-0.2, -0.15) is 0 Å². The smallest absolute Gasteiger partial charge is 0.257 e. The molecule has 1 aliphatic rings. The Hall–Kier alpha value is -1.75. The number of hydrogen-bond donors (Lipinski definition) is 3. The predicted octanol–water partition coefficient (Wildman–Crippen LogP) is 1.17. The minimum atomic E-state index is -0.382. The molecular weight excluding hydrogens is 244 g/mol. The molecule has 1 aliphatic carbocycles. The summed E-state index contributed by atoms with van der Waals surface area (Å²) < 4.78 is 5.16. The second kappa shape index (κ2) is 4.74. The first-order valence-corrected chi connectivity index (χ1v) is 6.29. The fourth-order valence-corrected chi connectivity index (χ4v) is 2.34. The second-order valence-electron chi connectivity index (χ2n) is 5.52. The van der Waals surface area contributed by atoms with Gasteiger partial charge in [0.25, 0.3) is 5.91 Å². The van der Waals surface area contributed by atoms with Gasteiger partial charge in [-0.3, -0.25) is 4.79 Å². The standard InChI is InChI=1S/C14H20N2O3/c1-14(2)10(7-11(14)17)16-13(18)12-8(15)5-4-6-9(12)19-3/h4-6,10-11,17H,7,15H2,1-3H3,(H,16,18). The van der Waals surface area contributed by atoms with Crippen molar-refractivity contribution in [3.63, 3.8) is 0 Å². The van der Waals surface area contributed by atoms with E-state index in [1.54, 1.807) is 18.2 Å². The van der Waals surface area contributed by atoms with E-state index < -0.39 is 0 Å². The van der Waals surface area contributed by atoms with Crippen molar-refractivity contribution < 1.29 is 14.6 Å². The van der Waals surface area contributed by atoms with Crippen molar-refractivity contribution in [1.82, 2.24) is 5.32 Å². The van der Waals surface area contributed by atoms with Gasteiger partial charge in [0.05, 0.1) is 13.2 Å². The number of carbonyl (C=O) groups is 1. The molecule has 0 aromatic heterocycles. The van der Waals surface area contributed by atoms with Crippen LogP contribution in [0.1, 0.15) is 30.6 Å². The van der Waals surface area contributed by atoms with Crippen LogP contribution in [0.4, 0.5) is 5.69 Å². The Morgan fingerprint density at radius 2 is 2.21 bits per heavy atom. The van der Waals surface area contributed by atoms with E-state index in [1.807, 2.05) is 13.8 Å². The number of rotatable bonds is 3. The van der Waals surface area contributed by atoms with E-state index in [0.29, 0.717) is 23.4 Å². The van der Waals surface area contributed by atoms with Gasteiger partial charge >= 0.3 is 0 Å². The zero-order valence-electron chi connectivity index (χ0n) is 11.4. The number of ether oxygens (including phenoxy) is 1. The van der Waals surface area contributed by atoms with Crippen LogP contribution in [0.25, 0.3) is 0 Å². The molecule has 1 amide bonds. The number of carbonyl (C=O) groups excluding carboxylic acids is 1. The Morgan fingerprint density at radius 1 is 1.53 bits per heavy atom. The number of nitrogens with one attached hydrogen (secondary N) is 1. The summed E-state index contributed by atoms with van der Waals surface area (Å²) >= 11 is 0. The maximum atomic E-state index is 12.3. The van der Waals surface area contributed by atoms with Crippen LogP contribution in [0.2, 0.25) is 0 Å². The van der Waals surface area contributed by atoms with E-state index >= 15 is 0 Å². The molecule has 5 nitrogen and oxygen atoms in total. The summed E-state index contributed by atoms with van der Waals surface area (Å²) in [5.74, 6) is 0.190. The molecular formula is C14H20N2O3. The fraction of sp³-hybridized carbons (Fsp3) is 0.500. The molecule has 0 spiro atoms. The summed E-state index contributed by atoms with van der Waals surface area (Å²) in [6.45, 7) is 3.86. The van der Waals surface area contributed by atoms with Crippen molar-refractivity contribution in [2.75, 3.05) is 12.8 Å². The lowest BCUT2D eigenvalue weighted by atomic mass is 9.64. The first-order chi connectivity index (χ1) is 8.87. The van der Waals surface area contributed by atoms with Gasteiger partial charge in [0, 0.05) is 17.1 Å². The van der Waals surface area contributed by atoms with Gasteiger partial charge < -0.3 is 20.9 Å². The number of benzene rings is 1. The molecule has 2 atom stereocenters. The van der Waals surface area contributed by atoms with Crippen molar-refractivity contribution >= 4 is 11.6 Å². The summed E-state index contributed by atoms with van der Waals surface area (Å²) in [5, 5.41) is 12.6. The summed E-state index contributed by atoms with van der Waals surface area (Å²) in [4.78, 5) is 12.3. The van der Waals surface area contributed by atoms with Crippen LogP contribution >= 0.6 is 0 Å². The minimum Gasteiger partial charge on any atom is -0.496 e. The van der Waals surface area contributed by atoms with Gasteiger partial charge in [-0.05, 0) is 18.6 Å². The Labute approximate surface area is 112 Å². The number of methoxy groups -OCH3 is 1. The van der Waals surface area contributed by atoms with Gasteiger partial charge in [0.15, 0.2) is 0 Å². The van der Waals surface area contributed by atoms with Crippen LogP contribution < -0.4 is 15.8 Å². The lowest BCUT2D eigenvalue weighted by Crippen LogP contribution is -2.61. The number of anilines is 1. The fourth-order valence-electron chi connectivity index (χ4n) is 2.34. The quantitative estimate of drug-likeness (QED) is 0.715. The zero-order valence-corrected chi connectivity index (χ0v) is 11.4. The van der Waals surface area contributed by atoms with Gasteiger partial charge in [0.1, 0.15) is 11.3 Å². The summed E-state index contributed by atoms with van der Waals surface area (Å²) in [5.41, 5.74) is 6.26. The third-order valence-electron chi connectivity index (χ3n) is 4.03. The zero-order chi connectivity index (χ0) is 14.2. The second-order valence-corrected chi connectivity index (χ2v) is 5.52. The van der Waals surface area contributed by atoms with Crippen LogP contribution in [0.15, 0.2) is 18.2 Å². The van der Waals surface area contributed by atoms with Crippen LogP contribution in [0, 0.1) is 5.41 Å². The molecule has 4 N–H and O–H groups in total. The van der Waals surface area contributed by atoms with Gasteiger partial charge in [-0.1, -0.05) is 19.9 Å². The Bertz CT molecular complexity index is 499. The molecule has 1 aromatic carbocycles. The highest BCUT2D eigenvalue weighted by atomic mass is 16.5. The molecule has 0 radical (unpaired) electrons. The van der Waals surface area contributed by atoms with E-state index in [9.17, 15) is 9.90 Å². The van der Waals surface area contributed by atoms with Crippen molar-refractivity contribution in [2.45, 2.75) is 32.4 Å². The number of aliphatic hydroxyl groups excluding tert-OH is 1. The number of amides is 1. The number of nitrogen functional groups attached to an aromatic ring is 1. The average Bonchev–Trinajstić information content (AvgIpc) is 2.37.